The standard InChI is InChI=1S/C13H19N5O3/c1-8-2-3-17(9(4-8)6-14)13-11(12(15)19)5-10(7-16-13)18(20)21/h5,7-9H,2-4,6,14H2,1H3,(H2,15,19). The van der Waals surface area contributed by atoms with Crippen LogP contribution in [0.15, 0.2) is 12.3 Å². The van der Waals surface area contributed by atoms with Gasteiger partial charge >= 0.3 is 0 Å². The Morgan fingerprint density at radius 3 is 2.90 bits per heavy atom. The third-order valence-electron chi connectivity index (χ3n) is 3.85. The fraction of sp³-hybridized carbons (Fsp3) is 0.538. The fourth-order valence-electron chi connectivity index (χ4n) is 2.71. The van der Waals surface area contributed by atoms with Gasteiger partial charge in [-0.25, -0.2) is 4.98 Å². The molecule has 1 aliphatic rings. The SMILES string of the molecule is CC1CCN(c2ncc([N+](=O)[O-])cc2C(N)=O)C(CN)C1. The molecule has 21 heavy (non-hydrogen) atoms. The summed E-state index contributed by atoms with van der Waals surface area (Å²) in [4.78, 5) is 27.8. The zero-order valence-electron chi connectivity index (χ0n) is 11.9. The normalized spacial score (nSPS) is 22.1. The molecule has 0 aromatic carbocycles. The lowest BCUT2D eigenvalue weighted by Gasteiger charge is -2.39. The molecule has 1 aromatic heterocycles. The number of nitrogens with two attached hydrogens (primary N) is 2. The number of amides is 1. The van der Waals surface area contributed by atoms with Gasteiger partial charge in [-0.2, -0.15) is 0 Å². The van der Waals surface area contributed by atoms with Crippen molar-refractivity contribution in [3.8, 4) is 0 Å². The van der Waals surface area contributed by atoms with E-state index in [1.54, 1.807) is 0 Å². The molecule has 2 rings (SSSR count). The first-order chi connectivity index (χ1) is 9.93. The van der Waals surface area contributed by atoms with E-state index < -0.39 is 10.8 Å². The van der Waals surface area contributed by atoms with Gasteiger partial charge in [0.2, 0.25) is 0 Å². The minimum Gasteiger partial charge on any atom is -0.365 e. The van der Waals surface area contributed by atoms with Gasteiger partial charge in [0.1, 0.15) is 12.0 Å². The van der Waals surface area contributed by atoms with Crippen LogP contribution in [0.5, 0.6) is 0 Å². The molecule has 4 N–H and O–H groups in total. The van der Waals surface area contributed by atoms with Crippen molar-refractivity contribution < 1.29 is 9.72 Å². The van der Waals surface area contributed by atoms with Gasteiger partial charge in [0.15, 0.2) is 0 Å². The molecule has 1 aliphatic heterocycles. The van der Waals surface area contributed by atoms with Crippen molar-refractivity contribution in [2.75, 3.05) is 18.0 Å². The molecule has 114 valence electrons. The first-order valence-electron chi connectivity index (χ1n) is 6.85. The van der Waals surface area contributed by atoms with E-state index in [-0.39, 0.29) is 17.3 Å². The predicted molar refractivity (Wildman–Crippen MR) is 78.0 cm³/mol. The maximum atomic E-state index is 11.6. The number of anilines is 1. The van der Waals surface area contributed by atoms with Crippen LogP contribution in [0.2, 0.25) is 0 Å². The maximum Gasteiger partial charge on any atom is 0.288 e. The van der Waals surface area contributed by atoms with E-state index in [1.165, 1.54) is 6.07 Å². The van der Waals surface area contributed by atoms with Crippen molar-refractivity contribution in [3.63, 3.8) is 0 Å². The molecule has 1 amide bonds. The zero-order chi connectivity index (χ0) is 15.6. The summed E-state index contributed by atoms with van der Waals surface area (Å²) < 4.78 is 0. The van der Waals surface area contributed by atoms with E-state index in [2.05, 4.69) is 11.9 Å². The number of hydrogen-bond donors (Lipinski definition) is 2. The van der Waals surface area contributed by atoms with Gasteiger partial charge in [0.25, 0.3) is 11.6 Å². The Labute approximate surface area is 122 Å². The molecular weight excluding hydrogens is 274 g/mol. The molecule has 0 radical (unpaired) electrons. The molecule has 1 aromatic rings. The summed E-state index contributed by atoms with van der Waals surface area (Å²) in [5.74, 6) is 0.205. The number of aromatic nitrogens is 1. The molecule has 0 aliphatic carbocycles. The van der Waals surface area contributed by atoms with Crippen LogP contribution in [-0.2, 0) is 0 Å². The summed E-state index contributed by atoms with van der Waals surface area (Å²) in [5, 5.41) is 10.8. The Balaban J connectivity index is 2.42. The molecule has 0 spiro atoms. The number of carbonyl (C=O) groups excluding carboxylic acids is 1. The van der Waals surface area contributed by atoms with Gasteiger partial charge in [-0.05, 0) is 18.8 Å². The van der Waals surface area contributed by atoms with E-state index in [9.17, 15) is 14.9 Å². The molecule has 1 saturated heterocycles. The Hall–Kier alpha value is -2.22. The molecule has 8 nitrogen and oxygen atoms in total. The second-order valence-corrected chi connectivity index (χ2v) is 5.40. The molecular formula is C13H19N5O3. The summed E-state index contributed by atoms with van der Waals surface area (Å²) in [6, 6.07) is 1.23. The van der Waals surface area contributed by atoms with Crippen molar-refractivity contribution in [3.05, 3.63) is 27.9 Å². The lowest BCUT2D eigenvalue weighted by Crippen LogP contribution is -2.47. The second kappa shape index (κ2) is 6.04. The quantitative estimate of drug-likeness (QED) is 0.619. The molecule has 1 fully saturated rings. The number of hydrogen-bond acceptors (Lipinski definition) is 6. The first kappa shape index (κ1) is 15.2. The number of rotatable bonds is 4. The van der Waals surface area contributed by atoms with Gasteiger partial charge in [-0.1, -0.05) is 6.92 Å². The van der Waals surface area contributed by atoms with Crippen LogP contribution < -0.4 is 16.4 Å². The summed E-state index contributed by atoms with van der Waals surface area (Å²) in [5.41, 5.74) is 11.0. The Kier molecular flexibility index (Phi) is 4.37. The average Bonchev–Trinajstić information content (AvgIpc) is 2.46. The van der Waals surface area contributed by atoms with Crippen LogP contribution in [0.25, 0.3) is 0 Å². The van der Waals surface area contributed by atoms with E-state index in [0.717, 1.165) is 19.0 Å². The number of nitrogens with zero attached hydrogens (tertiary/aromatic N) is 3. The van der Waals surface area contributed by atoms with Crippen LogP contribution >= 0.6 is 0 Å². The highest BCUT2D eigenvalue weighted by Gasteiger charge is 2.29. The number of primary amides is 1. The average molecular weight is 293 g/mol. The second-order valence-electron chi connectivity index (χ2n) is 5.40. The van der Waals surface area contributed by atoms with Crippen molar-refractivity contribution >= 4 is 17.4 Å². The Bertz CT molecular complexity index is 563. The predicted octanol–water partition coefficient (Wildman–Crippen LogP) is 0.652. The van der Waals surface area contributed by atoms with Crippen molar-refractivity contribution in [1.29, 1.82) is 0 Å². The molecule has 2 heterocycles. The topological polar surface area (TPSA) is 128 Å². The zero-order valence-corrected chi connectivity index (χ0v) is 11.9. The third-order valence-corrected chi connectivity index (χ3v) is 3.85. The van der Waals surface area contributed by atoms with E-state index in [4.69, 9.17) is 11.5 Å². The maximum absolute atomic E-state index is 11.6. The van der Waals surface area contributed by atoms with Crippen molar-refractivity contribution in [1.82, 2.24) is 4.98 Å². The van der Waals surface area contributed by atoms with Gasteiger partial charge < -0.3 is 16.4 Å². The van der Waals surface area contributed by atoms with Crippen molar-refractivity contribution in [2.24, 2.45) is 17.4 Å². The highest BCUT2D eigenvalue weighted by Crippen LogP contribution is 2.30. The summed E-state index contributed by atoms with van der Waals surface area (Å²) in [6.07, 6.45) is 2.99. The minimum absolute atomic E-state index is 0.0563. The summed E-state index contributed by atoms with van der Waals surface area (Å²) in [7, 11) is 0. The van der Waals surface area contributed by atoms with Gasteiger partial charge in [-0.3, -0.25) is 14.9 Å². The van der Waals surface area contributed by atoms with E-state index in [1.807, 2.05) is 4.90 Å². The van der Waals surface area contributed by atoms with Crippen LogP contribution in [0.4, 0.5) is 11.5 Å². The smallest absolute Gasteiger partial charge is 0.288 e. The third kappa shape index (κ3) is 3.10. The molecule has 2 unspecified atom stereocenters. The fourth-order valence-corrected chi connectivity index (χ4v) is 2.71. The highest BCUT2D eigenvalue weighted by molar-refractivity contribution is 5.98. The first-order valence-corrected chi connectivity index (χ1v) is 6.85. The Morgan fingerprint density at radius 2 is 2.33 bits per heavy atom. The molecule has 0 bridgehead atoms. The highest BCUT2D eigenvalue weighted by atomic mass is 16.6. The van der Waals surface area contributed by atoms with Crippen LogP contribution in [0.3, 0.4) is 0 Å². The van der Waals surface area contributed by atoms with Gasteiger partial charge in [-0.15, -0.1) is 0 Å². The lowest BCUT2D eigenvalue weighted by molar-refractivity contribution is -0.385. The summed E-state index contributed by atoms with van der Waals surface area (Å²) in [6.45, 7) is 3.29. The van der Waals surface area contributed by atoms with Crippen LogP contribution in [0, 0.1) is 16.0 Å². The van der Waals surface area contributed by atoms with Gasteiger partial charge in [0, 0.05) is 25.2 Å². The number of pyridine rings is 1. The van der Waals surface area contributed by atoms with Crippen molar-refractivity contribution in [2.45, 2.75) is 25.8 Å². The van der Waals surface area contributed by atoms with E-state index >= 15 is 0 Å². The van der Waals surface area contributed by atoms with Crippen LogP contribution in [0.1, 0.15) is 30.1 Å². The number of nitro groups is 1. The largest absolute Gasteiger partial charge is 0.365 e. The van der Waals surface area contributed by atoms with E-state index in [0.29, 0.717) is 24.8 Å². The Morgan fingerprint density at radius 1 is 1.62 bits per heavy atom. The lowest BCUT2D eigenvalue weighted by atomic mass is 9.92. The summed E-state index contributed by atoms with van der Waals surface area (Å²) >= 11 is 0. The number of piperidine rings is 1. The molecule has 8 heteroatoms. The van der Waals surface area contributed by atoms with Crippen LogP contribution in [-0.4, -0.2) is 34.9 Å². The molecule has 2 atom stereocenters. The number of carbonyl (C=O) groups is 1. The molecule has 0 saturated carbocycles. The minimum atomic E-state index is -0.726. The van der Waals surface area contributed by atoms with Gasteiger partial charge in [0.05, 0.1) is 10.5 Å². The monoisotopic (exact) mass is 293 g/mol.